The summed E-state index contributed by atoms with van der Waals surface area (Å²) >= 11 is 0. The lowest BCUT2D eigenvalue weighted by atomic mass is 9.84. The van der Waals surface area contributed by atoms with Gasteiger partial charge in [0.1, 0.15) is 9.84 Å². The van der Waals surface area contributed by atoms with Crippen LogP contribution in [0.3, 0.4) is 0 Å². The average molecular weight is 207 g/mol. The van der Waals surface area contributed by atoms with Crippen molar-refractivity contribution in [1.29, 1.82) is 0 Å². The van der Waals surface area contributed by atoms with Crippen molar-refractivity contribution in [1.82, 2.24) is 0 Å². The molecule has 0 bridgehead atoms. The van der Waals surface area contributed by atoms with Crippen LogP contribution >= 0.6 is 0 Å². The summed E-state index contributed by atoms with van der Waals surface area (Å²) < 4.78 is 21.9. The highest BCUT2D eigenvalue weighted by Gasteiger charge is 2.26. The van der Waals surface area contributed by atoms with Gasteiger partial charge < -0.3 is 5.73 Å². The summed E-state index contributed by atoms with van der Waals surface area (Å²) in [5, 5.41) is 0. The molecule has 80 valence electrons. The lowest BCUT2D eigenvalue weighted by Gasteiger charge is -2.30. The fraction of sp³-hybridized carbons (Fsp3) is 1.00. The van der Waals surface area contributed by atoms with E-state index in [1.807, 2.05) is 6.92 Å². The molecule has 0 saturated heterocycles. The number of sulfone groups is 1. The van der Waals surface area contributed by atoms with Gasteiger partial charge in [0, 0.05) is 11.8 Å². The Balaban J connectivity index is 4.19. The summed E-state index contributed by atoms with van der Waals surface area (Å²) in [6.07, 6.45) is 2.78. The van der Waals surface area contributed by atoms with E-state index < -0.39 is 9.84 Å². The van der Waals surface area contributed by atoms with Gasteiger partial charge in [-0.15, -0.1) is 0 Å². The highest BCUT2D eigenvalue weighted by molar-refractivity contribution is 7.90. The molecule has 4 heteroatoms. The lowest BCUT2D eigenvalue weighted by molar-refractivity contribution is 0.300. The molecule has 0 aliphatic rings. The molecular weight excluding hydrogens is 186 g/mol. The molecular formula is C9H21NO2S. The topological polar surface area (TPSA) is 60.2 Å². The molecule has 13 heavy (non-hydrogen) atoms. The van der Waals surface area contributed by atoms with Gasteiger partial charge in [0.15, 0.2) is 0 Å². The van der Waals surface area contributed by atoms with E-state index in [1.54, 1.807) is 0 Å². The molecule has 0 saturated carbocycles. The van der Waals surface area contributed by atoms with Crippen LogP contribution < -0.4 is 5.73 Å². The first-order valence-corrected chi connectivity index (χ1v) is 6.71. The second-order valence-corrected chi connectivity index (χ2v) is 6.45. The molecule has 0 amide bonds. The van der Waals surface area contributed by atoms with Crippen LogP contribution in [0, 0.1) is 5.92 Å². The third kappa shape index (κ3) is 5.26. The quantitative estimate of drug-likeness (QED) is 0.736. The van der Waals surface area contributed by atoms with Crippen LogP contribution in [0.5, 0.6) is 0 Å². The molecule has 0 aliphatic heterocycles. The standard InChI is InChI=1S/C9H21NO2S/c1-5-8(2)9(3,10)6-7-13(4,11)12/h8H,5-7,10H2,1-4H3. The normalized spacial score (nSPS) is 19.5. The first-order chi connectivity index (χ1) is 5.69. The van der Waals surface area contributed by atoms with Gasteiger partial charge in [-0.3, -0.25) is 0 Å². The molecule has 0 aromatic rings. The summed E-state index contributed by atoms with van der Waals surface area (Å²) in [7, 11) is -2.88. The van der Waals surface area contributed by atoms with E-state index in [0.29, 0.717) is 12.3 Å². The van der Waals surface area contributed by atoms with Crippen LogP contribution in [-0.4, -0.2) is 26.0 Å². The lowest BCUT2D eigenvalue weighted by Crippen LogP contribution is -2.44. The maximum absolute atomic E-state index is 10.9. The van der Waals surface area contributed by atoms with Crippen molar-refractivity contribution in [3.05, 3.63) is 0 Å². The van der Waals surface area contributed by atoms with Crippen LogP contribution in [-0.2, 0) is 9.84 Å². The monoisotopic (exact) mass is 207 g/mol. The van der Waals surface area contributed by atoms with E-state index in [4.69, 9.17) is 5.73 Å². The maximum Gasteiger partial charge on any atom is 0.147 e. The van der Waals surface area contributed by atoms with Crippen LogP contribution in [0.15, 0.2) is 0 Å². The Kier molecular flexibility index (Phi) is 4.39. The molecule has 3 nitrogen and oxygen atoms in total. The molecule has 0 radical (unpaired) electrons. The maximum atomic E-state index is 10.9. The van der Waals surface area contributed by atoms with Crippen LogP contribution in [0.4, 0.5) is 0 Å². The van der Waals surface area contributed by atoms with E-state index in [2.05, 4.69) is 13.8 Å². The number of hydrogen-bond acceptors (Lipinski definition) is 3. The Morgan fingerprint density at radius 1 is 1.46 bits per heavy atom. The number of nitrogens with two attached hydrogens (primary N) is 1. The van der Waals surface area contributed by atoms with Gasteiger partial charge in [0.05, 0.1) is 5.75 Å². The van der Waals surface area contributed by atoms with E-state index >= 15 is 0 Å². The molecule has 0 spiro atoms. The average Bonchev–Trinajstić information content (AvgIpc) is 1.98. The summed E-state index contributed by atoms with van der Waals surface area (Å²) in [5.41, 5.74) is 5.65. The van der Waals surface area contributed by atoms with Crippen molar-refractivity contribution >= 4 is 9.84 Å². The first kappa shape index (κ1) is 12.9. The molecule has 0 aromatic carbocycles. The summed E-state index contributed by atoms with van der Waals surface area (Å²) in [6, 6.07) is 0. The Hall–Kier alpha value is -0.0900. The van der Waals surface area contributed by atoms with Gasteiger partial charge in [-0.1, -0.05) is 20.3 Å². The van der Waals surface area contributed by atoms with Gasteiger partial charge in [0.25, 0.3) is 0 Å². The summed E-state index contributed by atoms with van der Waals surface area (Å²) in [4.78, 5) is 0. The zero-order valence-corrected chi connectivity index (χ0v) is 9.82. The van der Waals surface area contributed by atoms with Gasteiger partial charge in [-0.25, -0.2) is 8.42 Å². The fourth-order valence-electron chi connectivity index (χ4n) is 1.12. The Labute approximate surface area is 81.6 Å². The van der Waals surface area contributed by atoms with Gasteiger partial charge in [0.2, 0.25) is 0 Å². The molecule has 2 atom stereocenters. The minimum Gasteiger partial charge on any atom is -0.325 e. The largest absolute Gasteiger partial charge is 0.325 e. The predicted octanol–water partition coefficient (Wildman–Crippen LogP) is 1.18. The van der Waals surface area contributed by atoms with E-state index in [9.17, 15) is 8.42 Å². The van der Waals surface area contributed by atoms with Crippen molar-refractivity contribution in [3.8, 4) is 0 Å². The van der Waals surface area contributed by atoms with E-state index in [-0.39, 0.29) is 11.3 Å². The van der Waals surface area contributed by atoms with Gasteiger partial charge >= 0.3 is 0 Å². The number of rotatable bonds is 5. The highest BCUT2D eigenvalue weighted by atomic mass is 32.2. The molecule has 0 aliphatic carbocycles. The van der Waals surface area contributed by atoms with Crippen molar-refractivity contribution < 1.29 is 8.42 Å². The third-order valence-corrected chi connectivity index (χ3v) is 3.70. The molecule has 0 aromatic heterocycles. The zero-order valence-electron chi connectivity index (χ0n) is 9.00. The second kappa shape index (κ2) is 4.42. The summed E-state index contributed by atoms with van der Waals surface area (Å²) in [5.74, 6) is 0.541. The molecule has 2 unspecified atom stereocenters. The second-order valence-electron chi connectivity index (χ2n) is 4.19. The van der Waals surface area contributed by atoms with Crippen molar-refractivity contribution in [2.24, 2.45) is 11.7 Å². The SMILES string of the molecule is CCC(C)C(C)(N)CCS(C)(=O)=O. The zero-order chi connectivity index (χ0) is 10.7. The summed E-state index contributed by atoms with van der Waals surface area (Å²) in [6.45, 7) is 6.05. The third-order valence-electron chi connectivity index (χ3n) is 2.75. The molecule has 2 N–H and O–H groups in total. The van der Waals surface area contributed by atoms with Gasteiger partial charge in [-0.2, -0.15) is 0 Å². The van der Waals surface area contributed by atoms with E-state index in [0.717, 1.165) is 6.42 Å². The van der Waals surface area contributed by atoms with Crippen LogP contribution in [0.1, 0.15) is 33.6 Å². The molecule has 0 fully saturated rings. The van der Waals surface area contributed by atoms with E-state index in [1.165, 1.54) is 6.26 Å². The number of hydrogen-bond donors (Lipinski definition) is 1. The first-order valence-electron chi connectivity index (χ1n) is 4.65. The predicted molar refractivity (Wildman–Crippen MR) is 56.4 cm³/mol. The Bertz CT molecular complexity index is 244. The minimum absolute atomic E-state index is 0.185. The van der Waals surface area contributed by atoms with Crippen molar-refractivity contribution in [2.75, 3.05) is 12.0 Å². The molecule has 0 rings (SSSR count). The van der Waals surface area contributed by atoms with Crippen LogP contribution in [0.25, 0.3) is 0 Å². The Morgan fingerprint density at radius 3 is 2.23 bits per heavy atom. The smallest absolute Gasteiger partial charge is 0.147 e. The highest BCUT2D eigenvalue weighted by Crippen LogP contribution is 2.21. The Morgan fingerprint density at radius 2 is 1.92 bits per heavy atom. The van der Waals surface area contributed by atoms with Crippen molar-refractivity contribution in [2.45, 2.75) is 39.2 Å². The van der Waals surface area contributed by atoms with Gasteiger partial charge in [-0.05, 0) is 19.3 Å². The van der Waals surface area contributed by atoms with Crippen molar-refractivity contribution in [3.63, 3.8) is 0 Å². The molecule has 0 heterocycles. The fourth-order valence-corrected chi connectivity index (χ4v) is 1.93. The minimum atomic E-state index is -2.88. The van der Waals surface area contributed by atoms with Crippen LogP contribution in [0.2, 0.25) is 0 Å².